The fourth-order valence-corrected chi connectivity index (χ4v) is 4.71. The molecule has 0 spiro atoms. The summed E-state index contributed by atoms with van der Waals surface area (Å²) in [5.74, 6) is 1.29. The van der Waals surface area contributed by atoms with Gasteiger partial charge in [0, 0.05) is 46.0 Å². The average molecular weight is 463 g/mol. The number of rotatable bonds is 12. The first-order chi connectivity index (χ1) is 16.4. The van der Waals surface area contributed by atoms with Crippen molar-refractivity contribution in [1.82, 2.24) is 0 Å². The van der Waals surface area contributed by atoms with Gasteiger partial charge >= 0.3 is 0 Å². The molecule has 3 rings (SSSR count). The van der Waals surface area contributed by atoms with E-state index in [0.717, 1.165) is 34.7 Å². The van der Waals surface area contributed by atoms with E-state index in [9.17, 15) is 5.11 Å². The summed E-state index contributed by atoms with van der Waals surface area (Å²) in [4.78, 5) is 4.21. The SMILES string of the molecule is CCCCCCCCOC1=CC=C(O)CC1(c1ccc(N(C)C)cc1)c1ccc(N(C)C)cc1. The summed E-state index contributed by atoms with van der Waals surface area (Å²) in [6.07, 6.45) is 11.6. The molecule has 0 bridgehead atoms. The van der Waals surface area contributed by atoms with Crippen LogP contribution in [0.15, 0.2) is 72.2 Å². The molecule has 0 radical (unpaired) electrons. The van der Waals surface area contributed by atoms with E-state index >= 15 is 0 Å². The fraction of sp³-hybridized carbons (Fsp3) is 0.467. The van der Waals surface area contributed by atoms with Gasteiger partial charge < -0.3 is 19.6 Å². The smallest absolute Gasteiger partial charge is 0.111 e. The van der Waals surface area contributed by atoms with Crippen molar-refractivity contribution in [3.63, 3.8) is 0 Å². The van der Waals surface area contributed by atoms with Gasteiger partial charge in [0.2, 0.25) is 0 Å². The number of aliphatic hydroxyl groups excluding tert-OH is 1. The summed E-state index contributed by atoms with van der Waals surface area (Å²) in [5, 5.41) is 10.7. The highest BCUT2D eigenvalue weighted by Crippen LogP contribution is 2.47. The summed E-state index contributed by atoms with van der Waals surface area (Å²) in [5.41, 5.74) is 4.00. The van der Waals surface area contributed by atoms with E-state index < -0.39 is 5.41 Å². The third-order valence-electron chi connectivity index (χ3n) is 6.80. The largest absolute Gasteiger partial charge is 0.512 e. The quantitative estimate of drug-likeness (QED) is 0.338. The molecule has 4 nitrogen and oxygen atoms in total. The molecular weight excluding hydrogens is 420 g/mol. The Hall–Kier alpha value is -2.88. The lowest BCUT2D eigenvalue weighted by molar-refractivity contribution is 0.159. The van der Waals surface area contributed by atoms with Crippen molar-refractivity contribution in [2.45, 2.75) is 57.3 Å². The topological polar surface area (TPSA) is 35.9 Å². The van der Waals surface area contributed by atoms with Gasteiger partial charge in [-0.05, 0) is 54.0 Å². The molecule has 0 fully saturated rings. The van der Waals surface area contributed by atoms with Crippen LogP contribution in [0.4, 0.5) is 11.4 Å². The zero-order chi connectivity index (χ0) is 24.6. The van der Waals surface area contributed by atoms with E-state index in [1.807, 2.05) is 6.08 Å². The second kappa shape index (κ2) is 12.0. The highest BCUT2D eigenvalue weighted by atomic mass is 16.5. The molecule has 0 saturated heterocycles. The fourth-order valence-electron chi connectivity index (χ4n) is 4.71. The number of anilines is 2. The van der Waals surface area contributed by atoms with Crippen LogP contribution in [-0.4, -0.2) is 39.9 Å². The van der Waals surface area contributed by atoms with E-state index in [4.69, 9.17) is 4.74 Å². The molecule has 0 aromatic heterocycles. The Labute approximate surface area is 206 Å². The van der Waals surface area contributed by atoms with Gasteiger partial charge in [-0.25, -0.2) is 0 Å². The van der Waals surface area contributed by atoms with E-state index in [2.05, 4.69) is 93.4 Å². The van der Waals surface area contributed by atoms with Gasteiger partial charge in [-0.2, -0.15) is 0 Å². The van der Waals surface area contributed by atoms with Crippen molar-refractivity contribution in [1.29, 1.82) is 0 Å². The molecule has 0 heterocycles. The van der Waals surface area contributed by atoms with Crippen LogP contribution in [0.2, 0.25) is 0 Å². The number of hydrogen-bond donors (Lipinski definition) is 1. The number of hydrogen-bond acceptors (Lipinski definition) is 4. The molecule has 0 atom stereocenters. The van der Waals surface area contributed by atoms with E-state index in [1.54, 1.807) is 6.08 Å². The number of aliphatic hydroxyl groups is 1. The molecule has 2 aromatic rings. The zero-order valence-corrected chi connectivity index (χ0v) is 21.7. The van der Waals surface area contributed by atoms with Crippen molar-refractivity contribution in [3.8, 4) is 0 Å². The molecule has 0 amide bonds. The van der Waals surface area contributed by atoms with Gasteiger partial charge in [-0.15, -0.1) is 0 Å². The van der Waals surface area contributed by atoms with Crippen molar-refractivity contribution < 1.29 is 9.84 Å². The average Bonchev–Trinajstić information content (AvgIpc) is 2.84. The molecule has 0 saturated carbocycles. The van der Waals surface area contributed by atoms with Crippen LogP contribution in [0.25, 0.3) is 0 Å². The van der Waals surface area contributed by atoms with Crippen LogP contribution in [0, 0.1) is 0 Å². The molecule has 0 unspecified atom stereocenters. The predicted molar refractivity (Wildman–Crippen MR) is 145 cm³/mol. The third-order valence-corrected chi connectivity index (χ3v) is 6.80. The van der Waals surface area contributed by atoms with Crippen LogP contribution in [0.3, 0.4) is 0 Å². The van der Waals surface area contributed by atoms with Gasteiger partial charge in [0.25, 0.3) is 0 Å². The van der Waals surface area contributed by atoms with Gasteiger partial charge in [-0.3, -0.25) is 0 Å². The standard InChI is InChI=1S/C30H42N2O2/c1-6-7-8-9-10-11-22-34-29-21-20-28(33)23-30(29,24-12-16-26(17-13-24)31(2)3)25-14-18-27(19-15-25)32(4)5/h12-21,33H,6-11,22-23H2,1-5H3. The molecule has 1 N–H and O–H groups in total. The Balaban J connectivity index is 1.94. The highest BCUT2D eigenvalue weighted by Gasteiger charge is 2.42. The summed E-state index contributed by atoms with van der Waals surface area (Å²) in [6.45, 7) is 2.94. The van der Waals surface area contributed by atoms with Crippen LogP contribution in [0.1, 0.15) is 63.0 Å². The monoisotopic (exact) mass is 462 g/mol. The number of unbranched alkanes of at least 4 members (excludes halogenated alkanes) is 5. The predicted octanol–water partition coefficient (Wildman–Crippen LogP) is 7.21. The van der Waals surface area contributed by atoms with Crippen molar-refractivity contribution >= 4 is 11.4 Å². The van der Waals surface area contributed by atoms with Crippen LogP contribution in [0.5, 0.6) is 0 Å². The maximum atomic E-state index is 10.7. The van der Waals surface area contributed by atoms with Crippen LogP contribution in [-0.2, 0) is 10.2 Å². The molecule has 34 heavy (non-hydrogen) atoms. The number of benzene rings is 2. The number of nitrogens with zero attached hydrogens (tertiary/aromatic N) is 2. The molecule has 1 aliphatic rings. The van der Waals surface area contributed by atoms with Gasteiger partial charge in [0.05, 0.1) is 17.8 Å². The number of ether oxygens (including phenoxy) is 1. The lowest BCUT2D eigenvalue weighted by Crippen LogP contribution is -2.34. The Morgan fingerprint density at radius 1 is 0.735 bits per heavy atom. The summed E-state index contributed by atoms with van der Waals surface area (Å²) in [7, 11) is 8.20. The zero-order valence-electron chi connectivity index (χ0n) is 21.7. The van der Waals surface area contributed by atoms with E-state index in [1.165, 1.54) is 32.1 Å². The summed E-state index contributed by atoms with van der Waals surface area (Å²) >= 11 is 0. The molecule has 0 aliphatic heterocycles. The second-order valence-electron chi connectivity index (χ2n) is 9.77. The molecule has 4 heteroatoms. The second-order valence-corrected chi connectivity index (χ2v) is 9.77. The molecule has 1 aliphatic carbocycles. The van der Waals surface area contributed by atoms with Crippen molar-refractivity contribution in [2.24, 2.45) is 0 Å². The summed E-state index contributed by atoms with van der Waals surface area (Å²) in [6, 6.07) is 17.3. The molecular formula is C30H42N2O2. The minimum absolute atomic E-state index is 0.375. The highest BCUT2D eigenvalue weighted by molar-refractivity contribution is 5.57. The normalized spacial score (nSPS) is 14.9. The maximum Gasteiger partial charge on any atom is 0.111 e. The summed E-state index contributed by atoms with van der Waals surface area (Å²) < 4.78 is 6.50. The van der Waals surface area contributed by atoms with E-state index in [0.29, 0.717) is 18.8 Å². The van der Waals surface area contributed by atoms with Crippen LogP contribution >= 0.6 is 0 Å². The van der Waals surface area contributed by atoms with Crippen molar-refractivity contribution in [2.75, 3.05) is 44.6 Å². The Morgan fingerprint density at radius 3 is 1.74 bits per heavy atom. The van der Waals surface area contributed by atoms with Crippen molar-refractivity contribution in [3.05, 3.63) is 83.3 Å². The Kier molecular flexibility index (Phi) is 9.09. The Morgan fingerprint density at radius 2 is 1.24 bits per heavy atom. The lowest BCUT2D eigenvalue weighted by atomic mass is 9.68. The maximum absolute atomic E-state index is 10.7. The number of allylic oxidation sites excluding steroid dienone is 4. The first-order valence-electron chi connectivity index (χ1n) is 12.7. The Bertz CT molecular complexity index is 905. The van der Waals surface area contributed by atoms with Crippen LogP contribution < -0.4 is 9.80 Å². The van der Waals surface area contributed by atoms with E-state index in [-0.39, 0.29) is 0 Å². The first kappa shape index (κ1) is 25.7. The van der Waals surface area contributed by atoms with Gasteiger partial charge in [-0.1, -0.05) is 63.3 Å². The first-order valence-corrected chi connectivity index (χ1v) is 12.7. The third kappa shape index (κ3) is 5.97. The van der Waals surface area contributed by atoms with Gasteiger partial charge in [0.1, 0.15) is 5.76 Å². The molecule has 2 aromatic carbocycles. The lowest BCUT2D eigenvalue weighted by Gasteiger charge is -2.39. The van der Waals surface area contributed by atoms with Gasteiger partial charge in [0.15, 0.2) is 0 Å². The molecule has 184 valence electrons. The minimum Gasteiger partial charge on any atom is -0.512 e. The minimum atomic E-state index is -0.559.